The molecule has 1 aromatic rings. The fraction of sp³-hybridized carbons (Fsp3) is 0.667. The monoisotopic (exact) mass is 209 g/mol. The highest BCUT2D eigenvalue weighted by Crippen LogP contribution is 2.28. The van der Waals surface area contributed by atoms with Gasteiger partial charge in [-0.3, -0.25) is 0 Å². The van der Waals surface area contributed by atoms with E-state index >= 15 is 0 Å². The molecule has 2 heteroatoms. The van der Waals surface area contributed by atoms with E-state index in [9.17, 15) is 0 Å². The van der Waals surface area contributed by atoms with Gasteiger partial charge < -0.3 is 4.90 Å². The van der Waals surface area contributed by atoms with Crippen molar-refractivity contribution < 1.29 is 0 Å². The molecule has 0 bridgehead atoms. The zero-order chi connectivity index (χ0) is 9.97. The van der Waals surface area contributed by atoms with Crippen molar-refractivity contribution in [2.75, 3.05) is 18.0 Å². The number of hydrogen-bond donors (Lipinski definition) is 0. The van der Waals surface area contributed by atoms with Gasteiger partial charge in [-0.25, -0.2) is 0 Å². The highest BCUT2D eigenvalue weighted by Gasteiger charge is 2.14. The molecule has 1 aliphatic heterocycles. The highest BCUT2D eigenvalue weighted by atomic mass is 32.1. The van der Waals surface area contributed by atoms with Crippen molar-refractivity contribution >= 4 is 16.3 Å². The Morgan fingerprint density at radius 3 is 2.86 bits per heavy atom. The summed E-state index contributed by atoms with van der Waals surface area (Å²) in [6.07, 6.45) is 4.12. The second-order valence-electron chi connectivity index (χ2n) is 4.41. The summed E-state index contributed by atoms with van der Waals surface area (Å²) in [7, 11) is 0. The van der Waals surface area contributed by atoms with Gasteiger partial charge in [0.1, 0.15) is 0 Å². The molecule has 2 rings (SSSR count). The molecule has 1 aromatic heterocycles. The van der Waals surface area contributed by atoms with E-state index in [2.05, 4.69) is 30.9 Å². The molecule has 0 saturated carbocycles. The van der Waals surface area contributed by atoms with Crippen molar-refractivity contribution in [1.29, 1.82) is 0 Å². The molecule has 14 heavy (non-hydrogen) atoms. The normalized spacial score (nSPS) is 23.6. The smallest absolute Gasteiger partial charge is 0.0911 e. The van der Waals surface area contributed by atoms with Crippen LogP contribution in [0.4, 0.5) is 5.00 Å². The van der Waals surface area contributed by atoms with E-state index in [-0.39, 0.29) is 0 Å². The van der Waals surface area contributed by atoms with Crippen molar-refractivity contribution in [3.8, 4) is 0 Å². The summed E-state index contributed by atoms with van der Waals surface area (Å²) in [4.78, 5) is 3.98. The largest absolute Gasteiger partial charge is 0.363 e. The van der Waals surface area contributed by atoms with Crippen LogP contribution in [0.5, 0.6) is 0 Å². The van der Waals surface area contributed by atoms with E-state index in [0.29, 0.717) is 0 Å². The van der Waals surface area contributed by atoms with Crippen molar-refractivity contribution in [2.45, 2.75) is 33.1 Å². The summed E-state index contributed by atoms with van der Waals surface area (Å²) in [5, 5.41) is 1.47. The molecule has 0 N–H and O–H groups in total. The van der Waals surface area contributed by atoms with E-state index < -0.39 is 0 Å². The molecule has 0 radical (unpaired) electrons. The average molecular weight is 209 g/mol. The molecule has 1 atom stereocenters. The number of rotatable bonds is 1. The number of nitrogens with zero attached hydrogens (tertiary/aromatic N) is 1. The van der Waals surface area contributed by atoms with Crippen LogP contribution in [0.15, 0.2) is 12.1 Å². The van der Waals surface area contributed by atoms with Gasteiger partial charge in [-0.2, -0.15) is 0 Å². The van der Waals surface area contributed by atoms with Crippen LogP contribution in [-0.2, 0) is 0 Å². The molecule has 0 aromatic carbocycles. The second kappa shape index (κ2) is 4.35. The Labute approximate surface area is 90.7 Å². The second-order valence-corrected chi connectivity index (χ2v) is 5.67. The predicted octanol–water partition coefficient (Wildman–Crippen LogP) is 3.68. The van der Waals surface area contributed by atoms with Crippen molar-refractivity contribution in [3.05, 3.63) is 17.0 Å². The van der Waals surface area contributed by atoms with Crippen LogP contribution in [0.25, 0.3) is 0 Å². The minimum Gasteiger partial charge on any atom is -0.363 e. The van der Waals surface area contributed by atoms with Gasteiger partial charge in [0.05, 0.1) is 5.00 Å². The maximum absolute atomic E-state index is 2.56. The van der Waals surface area contributed by atoms with E-state index in [1.165, 1.54) is 42.2 Å². The summed E-state index contributed by atoms with van der Waals surface area (Å²) in [5.41, 5.74) is 0. The summed E-state index contributed by atoms with van der Waals surface area (Å²) in [6, 6.07) is 4.50. The summed E-state index contributed by atoms with van der Waals surface area (Å²) in [6.45, 7) is 7.07. The minimum absolute atomic E-state index is 0.918. The Hall–Kier alpha value is -0.500. The highest BCUT2D eigenvalue weighted by molar-refractivity contribution is 7.16. The Bertz CT molecular complexity index is 292. The van der Waals surface area contributed by atoms with Gasteiger partial charge >= 0.3 is 0 Å². The lowest BCUT2D eigenvalue weighted by molar-refractivity contribution is 0.521. The Balaban J connectivity index is 2.04. The SMILES string of the molecule is Cc1ccc(N2CCCC(C)CC2)s1. The third-order valence-electron chi connectivity index (χ3n) is 3.05. The van der Waals surface area contributed by atoms with E-state index in [4.69, 9.17) is 0 Å². The molecule has 1 fully saturated rings. The van der Waals surface area contributed by atoms with Crippen LogP contribution in [0.2, 0.25) is 0 Å². The van der Waals surface area contributed by atoms with E-state index in [1.54, 1.807) is 0 Å². The molecule has 0 spiro atoms. The Morgan fingerprint density at radius 1 is 1.29 bits per heavy atom. The lowest BCUT2D eigenvalue weighted by Gasteiger charge is -2.20. The van der Waals surface area contributed by atoms with Gasteiger partial charge in [-0.1, -0.05) is 6.92 Å². The number of hydrogen-bond acceptors (Lipinski definition) is 2. The van der Waals surface area contributed by atoms with Crippen molar-refractivity contribution in [3.63, 3.8) is 0 Å². The fourth-order valence-corrected chi connectivity index (χ4v) is 2.99. The van der Waals surface area contributed by atoms with Crippen LogP contribution in [0, 0.1) is 12.8 Å². The van der Waals surface area contributed by atoms with Crippen molar-refractivity contribution in [2.24, 2.45) is 5.92 Å². The first-order valence-electron chi connectivity index (χ1n) is 5.57. The van der Waals surface area contributed by atoms with Gasteiger partial charge in [0.15, 0.2) is 0 Å². The van der Waals surface area contributed by atoms with Crippen LogP contribution in [0.1, 0.15) is 31.1 Å². The van der Waals surface area contributed by atoms with Gasteiger partial charge in [0.25, 0.3) is 0 Å². The molecule has 1 nitrogen and oxygen atoms in total. The number of thiophene rings is 1. The molecule has 0 aliphatic carbocycles. The lowest BCUT2D eigenvalue weighted by Crippen LogP contribution is -2.22. The van der Waals surface area contributed by atoms with E-state index in [0.717, 1.165) is 5.92 Å². The quantitative estimate of drug-likeness (QED) is 0.682. The first-order valence-corrected chi connectivity index (χ1v) is 6.39. The van der Waals surface area contributed by atoms with Gasteiger partial charge in [0.2, 0.25) is 0 Å². The molecule has 1 aliphatic rings. The van der Waals surface area contributed by atoms with Crippen LogP contribution < -0.4 is 4.90 Å². The van der Waals surface area contributed by atoms with Crippen molar-refractivity contribution in [1.82, 2.24) is 0 Å². The van der Waals surface area contributed by atoms with Gasteiger partial charge in [-0.05, 0) is 44.2 Å². The molecular weight excluding hydrogens is 190 g/mol. The first-order chi connectivity index (χ1) is 6.75. The van der Waals surface area contributed by atoms with Crippen LogP contribution in [-0.4, -0.2) is 13.1 Å². The van der Waals surface area contributed by atoms with Crippen LogP contribution >= 0.6 is 11.3 Å². The molecule has 2 heterocycles. The lowest BCUT2D eigenvalue weighted by atomic mass is 10.0. The van der Waals surface area contributed by atoms with E-state index in [1.807, 2.05) is 11.3 Å². The molecule has 1 saturated heterocycles. The minimum atomic E-state index is 0.918. The number of anilines is 1. The predicted molar refractivity (Wildman–Crippen MR) is 64.3 cm³/mol. The topological polar surface area (TPSA) is 3.24 Å². The molecule has 1 unspecified atom stereocenters. The fourth-order valence-electron chi connectivity index (χ4n) is 2.07. The summed E-state index contributed by atoms with van der Waals surface area (Å²) < 4.78 is 0. The molecule has 78 valence electrons. The number of aryl methyl sites for hydroxylation is 1. The third kappa shape index (κ3) is 2.30. The Morgan fingerprint density at radius 2 is 2.14 bits per heavy atom. The standard InChI is InChI=1S/C12H19NS/c1-10-4-3-8-13(9-7-10)12-6-5-11(2)14-12/h5-6,10H,3-4,7-9H2,1-2H3. The molecular formula is C12H19NS. The zero-order valence-electron chi connectivity index (χ0n) is 9.12. The van der Waals surface area contributed by atoms with Gasteiger partial charge in [-0.15, -0.1) is 11.3 Å². The zero-order valence-corrected chi connectivity index (χ0v) is 9.94. The van der Waals surface area contributed by atoms with Crippen LogP contribution in [0.3, 0.4) is 0 Å². The third-order valence-corrected chi connectivity index (χ3v) is 4.12. The maximum atomic E-state index is 2.56. The maximum Gasteiger partial charge on any atom is 0.0911 e. The molecule has 0 amide bonds. The summed E-state index contributed by atoms with van der Waals surface area (Å²) >= 11 is 1.93. The average Bonchev–Trinajstić information content (AvgIpc) is 2.46. The van der Waals surface area contributed by atoms with Gasteiger partial charge in [0, 0.05) is 18.0 Å². The Kier molecular flexibility index (Phi) is 3.12. The summed E-state index contributed by atoms with van der Waals surface area (Å²) in [5.74, 6) is 0.918. The first kappa shape index (κ1) is 10.0.